The number of hydrogen-bond donors (Lipinski definition) is 4. The Morgan fingerprint density at radius 2 is 1.94 bits per heavy atom. The van der Waals surface area contributed by atoms with E-state index in [4.69, 9.17) is 17.3 Å². The van der Waals surface area contributed by atoms with Gasteiger partial charge in [-0.25, -0.2) is 9.37 Å². The molecular weight excluding hydrogens is 465 g/mol. The molecule has 1 fully saturated rings. The number of carbonyl (C=O) groups is 3. The summed E-state index contributed by atoms with van der Waals surface area (Å²) < 4.78 is 13.6. The number of aromatic nitrogens is 2. The number of aryl methyl sites for hydroxylation is 1. The molecule has 0 aliphatic heterocycles. The second kappa shape index (κ2) is 10.1. The third-order valence-corrected chi connectivity index (χ3v) is 6.23. The summed E-state index contributed by atoms with van der Waals surface area (Å²) in [4.78, 5) is 45.8. The van der Waals surface area contributed by atoms with Gasteiger partial charge >= 0.3 is 0 Å². The number of carbonyl (C=O) groups excluding carboxylic acids is 3. The number of imidazole rings is 1. The van der Waals surface area contributed by atoms with E-state index in [1.165, 1.54) is 23.4 Å². The van der Waals surface area contributed by atoms with Crippen LogP contribution in [0.5, 0.6) is 0 Å². The van der Waals surface area contributed by atoms with Gasteiger partial charge in [-0.15, -0.1) is 0 Å². The number of amides is 3. The van der Waals surface area contributed by atoms with E-state index in [-0.39, 0.29) is 40.8 Å². The molecule has 1 aliphatic carbocycles. The molecule has 184 valence electrons. The van der Waals surface area contributed by atoms with E-state index in [9.17, 15) is 23.9 Å². The molecule has 2 aromatic rings. The Kier molecular flexibility index (Phi) is 7.62. The topological polar surface area (TPSA) is 141 Å². The van der Waals surface area contributed by atoms with Crippen molar-refractivity contribution in [3.05, 3.63) is 46.3 Å². The van der Waals surface area contributed by atoms with Crippen LogP contribution in [0.25, 0.3) is 0 Å². The Balaban J connectivity index is 1.71. The molecule has 1 heterocycles. The van der Waals surface area contributed by atoms with Crippen molar-refractivity contribution in [2.45, 2.75) is 58.1 Å². The first-order chi connectivity index (χ1) is 15.9. The monoisotopic (exact) mass is 493 g/mol. The number of anilines is 1. The van der Waals surface area contributed by atoms with Gasteiger partial charge in [-0.2, -0.15) is 0 Å². The molecule has 0 atom stereocenters. The molecule has 1 aromatic carbocycles. The first kappa shape index (κ1) is 25.6. The average molecular weight is 494 g/mol. The minimum absolute atomic E-state index is 0.0168. The van der Waals surface area contributed by atoms with Crippen molar-refractivity contribution in [2.24, 2.45) is 11.7 Å². The first-order valence-corrected chi connectivity index (χ1v) is 11.4. The number of aromatic amines is 1. The Hall–Kier alpha value is -2.98. The maximum atomic E-state index is 13.6. The van der Waals surface area contributed by atoms with E-state index in [0.29, 0.717) is 36.9 Å². The van der Waals surface area contributed by atoms with Crippen LogP contribution in [0.3, 0.4) is 0 Å². The Bertz CT molecular complexity index is 1090. The highest BCUT2D eigenvalue weighted by Crippen LogP contribution is 2.32. The van der Waals surface area contributed by atoms with E-state index in [0.717, 1.165) is 0 Å². The number of halogens is 2. The smallest absolute Gasteiger partial charge is 0.275 e. The Labute approximate surface area is 201 Å². The second-order valence-electron chi connectivity index (χ2n) is 9.31. The van der Waals surface area contributed by atoms with Gasteiger partial charge in [0, 0.05) is 18.5 Å². The number of rotatable bonds is 7. The average Bonchev–Trinajstić information content (AvgIpc) is 3.25. The van der Waals surface area contributed by atoms with Gasteiger partial charge in [-0.05, 0) is 64.2 Å². The summed E-state index contributed by atoms with van der Waals surface area (Å²) in [7, 11) is 0. The zero-order valence-electron chi connectivity index (χ0n) is 19.3. The summed E-state index contributed by atoms with van der Waals surface area (Å²) in [6.07, 6.45) is 3.22. The molecule has 0 spiro atoms. The van der Waals surface area contributed by atoms with Crippen LogP contribution in [-0.4, -0.2) is 55.9 Å². The van der Waals surface area contributed by atoms with Gasteiger partial charge in [0.05, 0.1) is 22.6 Å². The normalized spacial score (nSPS) is 18.4. The minimum Gasteiger partial charge on any atom is -0.389 e. The highest BCUT2D eigenvalue weighted by atomic mass is 35.5. The standard InChI is InChI=1S/C23H29ClFN5O4/c1-12-8-17(15(24)9-16(12)25)29-21(32)13-4-6-14(7-5-13)30(10-23(2,3)34)22(33)19-18(20(26)31)27-11-28-19/h8-9,11,13-14,34H,4-7,10H2,1-3H3,(H2,26,31)(H,27,28)(H,29,32)/t13-,14-. The molecular formula is C23H29ClFN5O4. The third kappa shape index (κ3) is 5.92. The van der Waals surface area contributed by atoms with Crippen LogP contribution >= 0.6 is 11.6 Å². The molecule has 0 unspecified atom stereocenters. The summed E-state index contributed by atoms with van der Waals surface area (Å²) in [5.74, 6) is -2.31. The Morgan fingerprint density at radius 1 is 1.29 bits per heavy atom. The lowest BCUT2D eigenvalue weighted by atomic mass is 9.84. The molecule has 5 N–H and O–H groups in total. The fraction of sp³-hybridized carbons (Fsp3) is 0.478. The number of primary amides is 1. The quantitative estimate of drug-likeness (QED) is 0.469. The highest BCUT2D eigenvalue weighted by molar-refractivity contribution is 6.33. The summed E-state index contributed by atoms with van der Waals surface area (Å²) in [6, 6.07) is 2.39. The molecule has 1 aromatic heterocycles. The zero-order chi connectivity index (χ0) is 25.2. The van der Waals surface area contributed by atoms with Gasteiger partial charge in [0.2, 0.25) is 5.91 Å². The highest BCUT2D eigenvalue weighted by Gasteiger charge is 2.36. The number of H-pyrrole nitrogens is 1. The number of hydrogen-bond acceptors (Lipinski definition) is 5. The van der Waals surface area contributed by atoms with E-state index < -0.39 is 23.2 Å². The van der Waals surface area contributed by atoms with Gasteiger partial charge in [-0.1, -0.05) is 11.6 Å². The summed E-state index contributed by atoms with van der Waals surface area (Å²) in [5.41, 5.74) is 4.68. The molecule has 1 aliphatic rings. The Morgan fingerprint density at radius 3 is 2.53 bits per heavy atom. The van der Waals surface area contributed by atoms with Crippen molar-refractivity contribution in [1.82, 2.24) is 14.9 Å². The largest absolute Gasteiger partial charge is 0.389 e. The van der Waals surface area contributed by atoms with Crippen LogP contribution in [0, 0.1) is 18.7 Å². The molecule has 0 bridgehead atoms. The lowest BCUT2D eigenvalue weighted by Gasteiger charge is -2.39. The van der Waals surface area contributed by atoms with E-state index in [2.05, 4.69) is 15.3 Å². The summed E-state index contributed by atoms with van der Waals surface area (Å²) >= 11 is 6.07. The number of nitrogens with one attached hydrogen (secondary N) is 2. The predicted octanol–water partition coefficient (Wildman–Crippen LogP) is 3.02. The molecule has 0 saturated heterocycles. The summed E-state index contributed by atoms with van der Waals surface area (Å²) in [6.45, 7) is 4.77. The van der Waals surface area contributed by atoms with Gasteiger partial charge in [0.1, 0.15) is 11.5 Å². The van der Waals surface area contributed by atoms with Crippen LogP contribution < -0.4 is 11.1 Å². The fourth-order valence-electron chi connectivity index (χ4n) is 4.20. The molecule has 1 saturated carbocycles. The van der Waals surface area contributed by atoms with Crippen molar-refractivity contribution >= 4 is 35.0 Å². The van der Waals surface area contributed by atoms with Gasteiger partial charge in [0.15, 0.2) is 5.69 Å². The number of nitrogens with zero attached hydrogens (tertiary/aromatic N) is 2. The van der Waals surface area contributed by atoms with Crippen molar-refractivity contribution in [1.29, 1.82) is 0 Å². The van der Waals surface area contributed by atoms with Crippen LogP contribution in [-0.2, 0) is 4.79 Å². The van der Waals surface area contributed by atoms with E-state index >= 15 is 0 Å². The molecule has 11 heteroatoms. The second-order valence-corrected chi connectivity index (χ2v) is 9.72. The molecule has 0 radical (unpaired) electrons. The van der Waals surface area contributed by atoms with Crippen LogP contribution in [0.2, 0.25) is 5.02 Å². The summed E-state index contributed by atoms with van der Waals surface area (Å²) in [5, 5.41) is 13.3. The van der Waals surface area contributed by atoms with E-state index in [1.54, 1.807) is 20.8 Å². The first-order valence-electron chi connectivity index (χ1n) is 11.0. The minimum atomic E-state index is -1.19. The zero-order valence-corrected chi connectivity index (χ0v) is 20.1. The lowest BCUT2D eigenvalue weighted by molar-refractivity contribution is -0.121. The fourth-order valence-corrected chi connectivity index (χ4v) is 4.40. The predicted molar refractivity (Wildman–Crippen MR) is 125 cm³/mol. The van der Waals surface area contributed by atoms with Crippen molar-refractivity contribution in [3.63, 3.8) is 0 Å². The number of nitrogens with two attached hydrogens (primary N) is 1. The van der Waals surface area contributed by atoms with Crippen molar-refractivity contribution < 1.29 is 23.9 Å². The molecule has 3 amide bonds. The third-order valence-electron chi connectivity index (χ3n) is 5.92. The van der Waals surface area contributed by atoms with Crippen LogP contribution in [0.15, 0.2) is 18.5 Å². The number of aliphatic hydroxyl groups is 1. The SMILES string of the molecule is Cc1cc(NC(=O)[C@H]2CC[C@H](N(CC(C)(C)O)C(=O)c3nc[nH]c3C(N)=O)CC2)c(Cl)cc1F. The lowest BCUT2D eigenvalue weighted by Crippen LogP contribution is -2.50. The maximum absolute atomic E-state index is 13.6. The molecule has 9 nitrogen and oxygen atoms in total. The van der Waals surface area contributed by atoms with E-state index in [1.807, 2.05) is 0 Å². The maximum Gasteiger partial charge on any atom is 0.275 e. The van der Waals surface area contributed by atoms with Crippen molar-refractivity contribution in [2.75, 3.05) is 11.9 Å². The van der Waals surface area contributed by atoms with Crippen LogP contribution in [0.1, 0.15) is 66.1 Å². The van der Waals surface area contributed by atoms with Gasteiger partial charge in [-0.3, -0.25) is 14.4 Å². The van der Waals surface area contributed by atoms with Gasteiger partial charge in [0.25, 0.3) is 11.8 Å². The molecule has 34 heavy (non-hydrogen) atoms. The van der Waals surface area contributed by atoms with Crippen LogP contribution in [0.4, 0.5) is 10.1 Å². The molecule has 3 rings (SSSR count). The number of benzene rings is 1. The van der Waals surface area contributed by atoms with Gasteiger partial charge < -0.3 is 26.0 Å². The van der Waals surface area contributed by atoms with Crippen molar-refractivity contribution in [3.8, 4) is 0 Å².